The van der Waals surface area contributed by atoms with E-state index in [4.69, 9.17) is 37.4 Å². The molecule has 1 heterocycles. The normalized spacial score (nSPS) is 27.7. The van der Waals surface area contributed by atoms with Gasteiger partial charge in [0.05, 0.1) is 17.2 Å². The molecule has 1 aliphatic heterocycles. The average Bonchev–Trinajstić information content (AvgIpc) is 2.74. The minimum Gasteiger partial charge on any atom is -0.494 e. The second-order valence-corrected chi connectivity index (χ2v) is 5.40. The van der Waals surface area contributed by atoms with Crippen LogP contribution in [-0.2, 0) is 9.47 Å². The Hall–Kier alpha value is -1.09. The van der Waals surface area contributed by atoms with Crippen molar-refractivity contribution in [2.75, 3.05) is 13.7 Å². The number of carbonyl (C=O) groups is 1. The number of benzene rings is 1. The second kappa shape index (κ2) is 6.99. The zero-order valence-electron chi connectivity index (χ0n) is 11.4. The molecule has 122 valence electrons. The van der Waals surface area contributed by atoms with E-state index in [1.165, 1.54) is 19.2 Å². The van der Waals surface area contributed by atoms with E-state index in [9.17, 15) is 20.1 Å². The summed E-state index contributed by atoms with van der Waals surface area (Å²) in [6.45, 7) is -0.389. The number of carbonyl (C=O) groups excluding carboxylic acids is 1. The fraction of sp³-hybridized carbons (Fsp3) is 0.462. The molecule has 1 aromatic carbocycles. The first-order chi connectivity index (χ1) is 10.4. The quantitative estimate of drug-likeness (QED) is 0.681. The van der Waals surface area contributed by atoms with Crippen molar-refractivity contribution in [3.8, 4) is 5.75 Å². The third-order valence-corrected chi connectivity index (χ3v) is 3.80. The predicted molar refractivity (Wildman–Crippen MR) is 76.2 cm³/mol. The van der Waals surface area contributed by atoms with Crippen LogP contribution in [0.25, 0.3) is 0 Å². The van der Waals surface area contributed by atoms with Crippen LogP contribution in [0.3, 0.4) is 0 Å². The van der Waals surface area contributed by atoms with Gasteiger partial charge in [0.15, 0.2) is 12.0 Å². The summed E-state index contributed by atoms with van der Waals surface area (Å²) in [5.41, 5.74) is -0.0646. The summed E-state index contributed by atoms with van der Waals surface area (Å²) < 4.78 is 14.9. The number of hydrogen-bond acceptors (Lipinski definition) is 7. The maximum absolute atomic E-state index is 12.1. The lowest BCUT2D eigenvalue weighted by Crippen LogP contribution is -2.34. The summed E-state index contributed by atoms with van der Waals surface area (Å²) in [4.78, 5) is 12.1. The van der Waals surface area contributed by atoms with Crippen LogP contribution in [0.1, 0.15) is 10.4 Å². The Morgan fingerprint density at radius 2 is 1.86 bits per heavy atom. The molecule has 0 radical (unpaired) electrons. The molecule has 1 aromatic rings. The molecular weight excluding hydrogens is 339 g/mol. The van der Waals surface area contributed by atoms with Gasteiger partial charge in [-0.3, -0.25) is 0 Å². The number of aliphatic hydroxyl groups excluding tert-OH is 3. The van der Waals surface area contributed by atoms with Crippen LogP contribution in [-0.4, -0.2) is 59.6 Å². The maximum Gasteiger partial charge on any atom is 0.343 e. The number of ether oxygens (including phenoxy) is 3. The van der Waals surface area contributed by atoms with E-state index in [0.29, 0.717) is 0 Å². The van der Waals surface area contributed by atoms with Crippen molar-refractivity contribution < 1.29 is 34.3 Å². The molecule has 4 atom stereocenters. The van der Waals surface area contributed by atoms with E-state index in [-0.39, 0.29) is 28.0 Å². The molecule has 0 amide bonds. The van der Waals surface area contributed by atoms with Crippen LogP contribution < -0.4 is 4.74 Å². The number of aliphatic hydroxyl groups is 3. The van der Waals surface area contributed by atoms with Crippen molar-refractivity contribution >= 4 is 29.2 Å². The summed E-state index contributed by atoms with van der Waals surface area (Å²) in [7, 11) is 1.32. The Labute approximate surface area is 135 Å². The van der Waals surface area contributed by atoms with Crippen LogP contribution in [0.2, 0.25) is 10.0 Å². The lowest BCUT2D eigenvalue weighted by atomic mass is 10.1. The molecule has 2 rings (SSSR count). The molecule has 0 aliphatic carbocycles. The highest BCUT2D eigenvalue weighted by molar-refractivity contribution is 6.37. The molecular formula is C13H14Cl2O7. The molecule has 1 fully saturated rings. The van der Waals surface area contributed by atoms with Crippen molar-refractivity contribution in [1.29, 1.82) is 0 Å². The zero-order valence-corrected chi connectivity index (χ0v) is 12.9. The molecule has 0 saturated carbocycles. The van der Waals surface area contributed by atoms with Gasteiger partial charge in [-0.15, -0.1) is 0 Å². The standard InChI is InChI=1S/C13H14Cl2O7/c1-20-11-6(15)3-2-5(14)8(11)12(18)21-4-7-9(16)10(17)13(19)22-7/h2-3,7,9-10,13,16-17,19H,4H2,1H3/t7-,9+,10-,13+/m1/s1. The second-order valence-electron chi connectivity index (χ2n) is 4.58. The van der Waals surface area contributed by atoms with Crippen LogP contribution in [0.4, 0.5) is 0 Å². The molecule has 22 heavy (non-hydrogen) atoms. The number of esters is 1. The fourth-order valence-corrected chi connectivity index (χ4v) is 2.48. The number of methoxy groups -OCH3 is 1. The first-order valence-electron chi connectivity index (χ1n) is 6.25. The number of hydrogen-bond donors (Lipinski definition) is 3. The third kappa shape index (κ3) is 3.29. The minimum absolute atomic E-state index is 0.0622. The predicted octanol–water partition coefficient (Wildman–Crippen LogP) is 0.598. The lowest BCUT2D eigenvalue weighted by molar-refractivity contribution is -0.133. The highest BCUT2D eigenvalue weighted by Gasteiger charge is 2.42. The molecule has 0 unspecified atom stereocenters. The Balaban J connectivity index is 2.09. The van der Waals surface area contributed by atoms with Gasteiger partial charge >= 0.3 is 5.97 Å². The van der Waals surface area contributed by atoms with E-state index >= 15 is 0 Å². The Morgan fingerprint density at radius 3 is 2.41 bits per heavy atom. The summed E-state index contributed by atoms with van der Waals surface area (Å²) in [5.74, 6) is -0.775. The van der Waals surface area contributed by atoms with Crippen molar-refractivity contribution in [2.45, 2.75) is 24.6 Å². The first-order valence-corrected chi connectivity index (χ1v) is 7.01. The SMILES string of the molecule is COc1c(Cl)ccc(Cl)c1C(=O)OC[C@H]1O[C@H](O)[C@H](O)[C@H]1O. The maximum atomic E-state index is 12.1. The fourth-order valence-electron chi connectivity index (χ4n) is 2.02. The lowest BCUT2D eigenvalue weighted by Gasteiger charge is -2.16. The van der Waals surface area contributed by atoms with E-state index in [1.54, 1.807) is 0 Å². The smallest absolute Gasteiger partial charge is 0.343 e. The molecule has 9 heteroatoms. The van der Waals surface area contributed by atoms with E-state index in [2.05, 4.69) is 0 Å². The van der Waals surface area contributed by atoms with Crippen LogP contribution in [0, 0.1) is 0 Å². The Kier molecular flexibility index (Phi) is 5.49. The van der Waals surface area contributed by atoms with E-state index in [1.807, 2.05) is 0 Å². The molecule has 0 bridgehead atoms. The highest BCUT2D eigenvalue weighted by Crippen LogP contribution is 2.34. The number of rotatable bonds is 4. The summed E-state index contributed by atoms with van der Waals surface area (Å²) >= 11 is 11.9. The average molecular weight is 353 g/mol. The van der Waals surface area contributed by atoms with Crippen LogP contribution in [0.5, 0.6) is 5.75 Å². The van der Waals surface area contributed by atoms with Gasteiger partial charge in [0.1, 0.15) is 30.5 Å². The largest absolute Gasteiger partial charge is 0.494 e. The summed E-state index contributed by atoms with van der Waals surface area (Å²) in [5, 5.41) is 28.5. The van der Waals surface area contributed by atoms with Crippen LogP contribution >= 0.6 is 23.2 Å². The molecule has 1 aliphatic rings. The van der Waals surface area contributed by atoms with E-state index < -0.39 is 30.6 Å². The van der Waals surface area contributed by atoms with Crippen molar-refractivity contribution in [3.63, 3.8) is 0 Å². The highest BCUT2D eigenvalue weighted by atomic mass is 35.5. The van der Waals surface area contributed by atoms with Crippen molar-refractivity contribution in [1.82, 2.24) is 0 Å². The van der Waals surface area contributed by atoms with Gasteiger partial charge in [0, 0.05) is 0 Å². The summed E-state index contributed by atoms with van der Waals surface area (Å²) in [6.07, 6.45) is -5.44. The van der Waals surface area contributed by atoms with Gasteiger partial charge in [-0.05, 0) is 12.1 Å². The first kappa shape index (κ1) is 17.3. The Bertz CT molecular complexity index is 566. The van der Waals surface area contributed by atoms with Crippen molar-refractivity contribution in [2.24, 2.45) is 0 Å². The topological polar surface area (TPSA) is 105 Å². The molecule has 1 saturated heterocycles. The summed E-state index contributed by atoms with van der Waals surface area (Å²) in [6, 6.07) is 2.88. The van der Waals surface area contributed by atoms with Gasteiger partial charge in [0.25, 0.3) is 0 Å². The van der Waals surface area contributed by atoms with Gasteiger partial charge in [-0.2, -0.15) is 0 Å². The molecule has 0 aromatic heterocycles. The number of halogens is 2. The minimum atomic E-state index is -1.54. The van der Waals surface area contributed by atoms with E-state index in [0.717, 1.165) is 0 Å². The molecule has 7 nitrogen and oxygen atoms in total. The molecule has 0 spiro atoms. The third-order valence-electron chi connectivity index (χ3n) is 3.18. The van der Waals surface area contributed by atoms with Gasteiger partial charge in [0.2, 0.25) is 0 Å². The zero-order chi connectivity index (χ0) is 16.4. The van der Waals surface area contributed by atoms with Gasteiger partial charge in [-0.25, -0.2) is 4.79 Å². The monoisotopic (exact) mass is 352 g/mol. The molecule has 3 N–H and O–H groups in total. The van der Waals surface area contributed by atoms with Gasteiger partial charge in [-0.1, -0.05) is 23.2 Å². The van der Waals surface area contributed by atoms with Crippen molar-refractivity contribution in [3.05, 3.63) is 27.7 Å². The Morgan fingerprint density at radius 1 is 1.23 bits per heavy atom. The van der Waals surface area contributed by atoms with Crippen LogP contribution in [0.15, 0.2) is 12.1 Å². The van der Waals surface area contributed by atoms with Gasteiger partial charge < -0.3 is 29.5 Å².